The van der Waals surface area contributed by atoms with Crippen LogP contribution in [0, 0.1) is 0 Å². The van der Waals surface area contributed by atoms with Crippen molar-refractivity contribution in [1.29, 1.82) is 0 Å². The van der Waals surface area contributed by atoms with Crippen LogP contribution in [0.4, 0.5) is 5.69 Å². The average Bonchev–Trinajstić information content (AvgIpc) is 2.39. The van der Waals surface area contributed by atoms with Crippen LogP contribution in [0.5, 0.6) is 0 Å². The lowest BCUT2D eigenvalue weighted by Gasteiger charge is -2.20. The Bertz CT molecular complexity index is 395. The number of hydrogen-bond donors (Lipinski definition) is 2. The third-order valence-corrected chi connectivity index (χ3v) is 2.77. The highest BCUT2D eigenvalue weighted by Gasteiger charge is 2.10. The summed E-state index contributed by atoms with van der Waals surface area (Å²) in [6.45, 7) is 7.06. The van der Waals surface area contributed by atoms with Crippen LogP contribution in [0.15, 0.2) is 18.3 Å². The zero-order chi connectivity index (χ0) is 14.1. The molecule has 1 aromatic heterocycles. The van der Waals surface area contributed by atoms with Crippen LogP contribution in [-0.4, -0.2) is 42.5 Å². The highest BCUT2D eigenvalue weighted by atomic mass is 16.1. The number of nitrogens with one attached hydrogen (secondary N) is 2. The van der Waals surface area contributed by atoms with Gasteiger partial charge in [-0.05, 0) is 32.0 Å². The number of hydrogen-bond acceptors (Lipinski definition) is 4. The molecule has 0 aromatic carbocycles. The molecule has 0 aliphatic rings. The molecule has 0 saturated heterocycles. The minimum Gasteiger partial charge on any atom is -0.385 e. The van der Waals surface area contributed by atoms with E-state index in [0.717, 1.165) is 30.9 Å². The molecule has 1 amide bonds. The van der Waals surface area contributed by atoms with E-state index < -0.39 is 0 Å². The molecule has 19 heavy (non-hydrogen) atoms. The molecule has 0 fully saturated rings. The predicted molar refractivity (Wildman–Crippen MR) is 78.0 cm³/mol. The Morgan fingerprint density at radius 2 is 2.21 bits per heavy atom. The van der Waals surface area contributed by atoms with Crippen molar-refractivity contribution in [3.05, 3.63) is 24.0 Å². The minimum atomic E-state index is 0.0382. The lowest BCUT2D eigenvalue weighted by atomic mass is 10.2. The van der Waals surface area contributed by atoms with Crippen molar-refractivity contribution < 1.29 is 4.79 Å². The largest absolute Gasteiger partial charge is 0.385 e. The maximum atomic E-state index is 11.5. The maximum Gasteiger partial charge on any atom is 0.233 e. The predicted octanol–water partition coefficient (Wildman–Crippen LogP) is 1.47. The van der Waals surface area contributed by atoms with E-state index in [1.54, 1.807) is 13.2 Å². The van der Waals surface area contributed by atoms with Gasteiger partial charge in [0.2, 0.25) is 5.91 Å². The van der Waals surface area contributed by atoms with E-state index in [-0.39, 0.29) is 5.91 Å². The summed E-state index contributed by atoms with van der Waals surface area (Å²) in [4.78, 5) is 17.9. The van der Waals surface area contributed by atoms with Crippen molar-refractivity contribution >= 4 is 11.6 Å². The fraction of sp³-hybridized carbons (Fsp3) is 0.571. The van der Waals surface area contributed by atoms with Gasteiger partial charge in [0.05, 0.1) is 12.2 Å². The number of carbonyl (C=O) groups is 1. The summed E-state index contributed by atoms with van der Waals surface area (Å²) < 4.78 is 0. The molecule has 1 rings (SSSR count). The first kappa shape index (κ1) is 15.4. The van der Waals surface area contributed by atoms with Crippen LogP contribution < -0.4 is 10.6 Å². The highest BCUT2D eigenvalue weighted by Crippen LogP contribution is 2.10. The molecular weight excluding hydrogens is 240 g/mol. The topological polar surface area (TPSA) is 57.3 Å². The summed E-state index contributed by atoms with van der Waals surface area (Å²) in [6.07, 6.45) is 2.82. The average molecular weight is 264 g/mol. The SMILES string of the molecule is CCCN(CC(=O)NC)Cc1cc(NCC)ccn1. The molecule has 0 radical (unpaired) electrons. The molecule has 1 aromatic rings. The molecule has 2 N–H and O–H groups in total. The van der Waals surface area contributed by atoms with E-state index >= 15 is 0 Å². The monoisotopic (exact) mass is 264 g/mol. The van der Waals surface area contributed by atoms with Crippen molar-refractivity contribution in [3.63, 3.8) is 0 Å². The van der Waals surface area contributed by atoms with Gasteiger partial charge in [0, 0.05) is 32.0 Å². The Hall–Kier alpha value is -1.62. The first-order valence-electron chi connectivity index (χ1n) is 6.81. The lowest BCUT2D eigenvalue weighted by molar-refractivity contribution is -0.121. The number of nitrogens with zero attached hydrogens (tertiary/aromatic N) is 2. The molecule has 5 nitrogen and oxygen atoms in total. The van der Waals surface area contributed by atoms with Crippen LogP contribution in [0.1, 0.15) is 26.0 Å². The van der Waals surface area contributed by atoms with Crippen LogP contribution in [0.2, 0.25) is 0 Å². The molecule has 0 spiro atoms. The summed E-state index contributed by atoms with van der Waals surface area (Å²) in [5.74, 6) is 0.0382. The zero-order valence-corrected chi connectivity index (χ0v) is 12.1. The van der Waals surface area contributed by atoms with Crippen molar-refractivity contribution in [2.45, 2.75) is 26.8 Å². The van der Waals surface area contributed by atoms with E-state index in [0.29, 0.717) is 13.1 Å². The first-order valence-corrected chi connectivity index (χ1v) is 6.81. The normalized spacial score (nSPS) is 10.5. The molecule has 0 aliphatic carbocycles. The summed E-state index contributed by atoms with van der Waals surface area (Å²) in [5.41, 5.74) is 2.06. The summed E-state index contributed by atoms with van der Waals surface area (Å²) in [6, 6.07) is 3.99. The quantitative estimate of drug-likeness (QED) is 0.746. The van der Waals surface area contributed by atoms with Gasteiger partial charge in [-0.15, -0.1) is 0 Å². The van der Waals surface area contributed by atoms with Gasteiger partial charge < -0.3 is 10.6 Å². The number of amides is 1. The first-order chi connectivity index (χ1) is 9.19. The van der Waals surface area contributed by atoms with E-state index in [9.17, 15) is 4.79 Å². The van der Waals surface area contributed by atoms with Crippen molar-refractivity contribution in [2.75, 3.05) is 32.0 Å². The summed E-state index contributed by atoms with van der Waals surface area (Å²) >= 11 is 0. The number of carbonyl (C=O) groups excluding carboxylic acids is 1. The third kappa shape index (κ3) is 5.70. The van der Waals surface area contributed by atoms with E-state index in [2.05, 4.69) is 34.4 Å². The van der Waals surface area contributed by atoms with E-state index in [1.165, 1.54) is 0 Å². The fourth-order valence-corrected chi connectivity index (χ4v) is 1.92. The molecule has 0 aliphatic heterocycles. The lowest BCUT2D eigenvalue weighted by Crippen LogP contribution is -2.35. The van der Waals surface area contributed by atoms with E-state index in [4.69, 9.17) is 0 Å². The van der Waals surface area contributed by atoms with Crippen molar-refractivity contribution in [1.82, 2.24) is 15.2 Å². The minimum absolute atomic E-state index is 0.0382. The fourth-order valence-electron chi connectivity index (χ4n) is 1.92. The van der Waals surface area contributed by atoms with Crippen LogP contribution in [0.25, 0.3) is 0 Å². The molecule has 0 atom stereocenters. The molecule has 0 bridgehead atoms. The van der Waals surface area contributed by atoms with Crippen LogP contribution in [-0.2, 0) is 11.3 Å². The Morgan fingerprint density at radius 3 is 2.84 bits per heavy atom. The molecule has 5 heteroatoms. The van der Waals surface area contributed by atoms with Crippen molar-refractivity contribution in [2.24, 2.45) is 0 Å². The number of pyridine rings is 1. The molecular formula is C14H24N4O. The van der Waals surface area contributed by atoms with E-state index in [1.807, 2.05) is 12.1 Å². The number of likely N-dealkylation sites (N-methyl/N-ethyl adjacent to an activating group) is 1. The van der Waals surface area contributed by atoms with Gasteiger partial charge in [0.25, 0.3) is 0 Å². The Morgan fingerprint density at radius 1 is 1.42 bits per heavy atom. The second-order valence-corrected chi connectivity index (χ2v) is 4.45. The van der Waals surface area contributed by atoms with Crippen LogP contribution in [0.3, 0.4) is 0 Å². The van der Waals surface area contributed by atoms with Crippen molar-refractivity contribution in [3.8, 4) is 0 Å². The molecule has 0 saturated carbocycles. The van der Waals surface area contributed by atoms with Gasteiger partial charge in [-0.25, -0.2) is 0 Å². The second-order valence-electron chi connectivity index (χ2n) is 4.45. The number of rotatable bonds is 8. The smallest absolute Gasteiger partial charge is 0.233 e. The standard InChI is InChI=1S/C14H24N4O/c1-4-8-18(11-14(19)15-3)10-13-9-12(16-5-2)6-7-17-13/h6-7,9H,4-5,8,10-11H2,1-3H3,(H,15,19)(H,16,17). The van der Waals surface area contributed by atoms with Crippen LogP contribution >= 0.6 is 0 Å². The summed E-state index contributed by atoms with van der Waals surface area (Å²) in [7, 11) is 1.66. The van der Waals surface area contributed by atoms with Gasteiger partial charge in [0.15, 0.2) is 0 Å². The Kier molecular flexibility index (Phi) is 6.89. The van der Waals surface area contributed by atoms with Gasteiger partial charge in [-0.2, -0.15) is 0 Å². The zero-order valence-electron chi connectivity index (χ0n) is 12.1. The molecule has 106 valence electrons. The highest BCUT2D eigenvalue weighted by molar-refractivity contribution is 5.77. The van der Waals surface area contributed by atoms with Gasteiger partial charge >= 0.3 is 0 Å². The Balaban J connectivity index is 2.66. The number of anilines is 1. The molecule has 0 unspecified atom stereocenters. The number of aromatic nitrogens is 1. The van der Waals surface area contributed by atoms with Gasteiger partial charge in [-0.3, -0.25) is 14.7 Å². The third-order valence-electron chi connectivity index (χ3n) is 2.77. The van der Waals surface area contributed by atoms with Gasteiger partial charge in [-0.1, -0.05) is 6.92 Å². The Labute approximate surface area is 115 Å². The molecule has 1 heterocycles. The second kappa shape index (κ2) is 8.48. The maximum absolute atomic E-state index is 11.5. The summed E-state index contributed by atoms with van der Waals surface area (Å²) in [5, 5.41) is 5.93. The van der Waals surface area contributed by atoms with Gasteiger partial charge in [0.1, 0.15) is 0 Å².